The molecule has 136 valence electrons. The van der Waals surface area contributed by atoms with Gasteiger partial charge in [-0.2, -0.15) is 0 Å². The molecule has 0 spiro atoms. The molecule has 2 unspecified atom stereocenters. The Morgan fingerprint density at radius 1 is 1.44 bits per heavy atom. The molecule has 25 heavy (non-hydrogen) atoms. The number of halogens is 3. The second-order valence-electron chi connectivity index (χ2n) is 6.96. The fraction of sp³-hybridized carbons (Fsp3) is 0.556. The van der Waals surface area contributed by atoms with Crippen LogP contribution in [-0.4, -0.2) is 40.7 Å². The van der Waals surface area contributed by atoms with Gasteiger partial charge in [0.15, 0.2) is 0 Å². The van der Waals surface area contributed by atoms with Gasteiger partial charge in [0.05, 0.1) is 5.41 Å². The van der Waals surface area contributed by atoms with E-state index in [0.29, 0.717) is 37.1 Å². The summed E-state index contributed by atoms with van der Waals surface area (Å²) < 4.78 is 12.4. The van der Waals surface area contributed by atoms with E-state index in [4.69, 9.17) is 23.2 Å². The van der Waals surface area contributed by atoms with Crippen LogP contribution >= 0.6 is 23.2 Å². The van der Waals surface area contributed by atoms with Gasteiger partial charge in [-0.25, -0.2) is 4.39 Å². The molecule has 1 aromatic carbocycles. The first-order valence-electron chi connectivity index (χ1n) is 8.37. The van der Waals surface area contributed by atoms with E-state index >= 15 is 0 Å². The quantitative estimate of drug-likeness (QED) is 0.740. The predicted octanol–water partition coefficient (Wildman–Crippen LogP) is 3.67. The monoisotopic (exact) mass is 386 g/mol. The topological polar surface area (TPSA) is 40.6 Å². The van der Waals surface area contributed by atoms with Gasteiger partial charge >= 0.3 is 0 Å². The molecule has 2 atom stereocenters. The molecule has 0 radical (unpaired) electrons. The molecular formula is C18H21Cl2FN2O2. The number of likely N-dealkylation sites (N-methyl/N-ethyl adjacent to an activating group) is 1. The molecule has 3 rings (SSSR count). The average molecular weight is 387 g/mol. The standard InChI is InChI=1S/C18H21Cl2FN2O2/c1-4-17(10-18(17,19)20)16(25)22(3)14-7-8-23(15(14)24)12-5-6-13(21)11(2)9-12/h5-6,9,14H,4,7-8,10H2,1-3H3. The Morgan fingerprint density at radius 2 is 2.08 bits per heavy atom. The van der Waals surface area contributed by atoms with Crippen LogP contribution in [0.5, 0.6) is 0 Å². The van der Waals surface area contributed by atoms with Crippen molar-refractivity contribution in [3.05, 3.63) is 29.6 Å². The number of carbonyl (C=O) groups is 2. The van der Waals surface area contributed by atoms with Crippen molar-refractivity contribution in [1.82, 2.24) is 4.90 Å². The van der Waals surface area contributed by atoms with E-state index < -0.39 is 15.8 Å². The molecule has 0 bridgehead atoms. The van der Waals surface area contributed by atoms with E-state index in [9.17, 15) is 14.0 Å². The molecule has 2 amide bonds. The number of carbonyl (C=O) groups excluding carboxylic acids is 2. The van der Waals surface area contributed by atoms with Gasteiger partial charge in [-0.1, -0.05) is 6.92 Å². The van der Waals surface area contributed by atoms with Crippen molar-refractivity contribution in [3.63, 3.8) is 0 Å². The van der Waals surface area contributed by atoms with E-state index in [2.05, 4.69) is 0 Å². The lowest BCUT2D eigenvalue weighted by Gasteiger charge is -2.28. The summed E-state index contributed by atoms with van der Waals surface area (Å²) in [5.74, 6) is -0.655. The molecule has 0 N–H and O–H groups in total. The van der Waals surface area contributed by atoms with Crippen LogP contribution in [-0.2, 0) is 9.59 Å². The van der Waals surface area contributed by atoms with Gasteiger partial charge in [-0.15, -0.1) is 23.2 Å². The van der Waals surface area contributed by atoms with Crippen molar-refractivity contribution in [2.75, 3.05) is 18.5 Å². The first-order chi connectivity index (χ1) is 11.6. The fourth-order valence-electron chi connectivity index (χ4n) is 3.66. The molecule has 7 heteroatoms. The van der Waals surface area contributed by atoms with Gasteiger partial charge in [0.25, 0.3) is 0 Å². The number of amides is 2. The number of rotatable bonds is 4. The van der Waals surface area contributed by atoms with Gasteiger partial charge < -0.3 is 9.80 Å². The lowest BCUT2D eigenvalue weighted by atomic mass is 10.0. The van der Waals surface area contributed by atoms with Crippen LogP contribution in [0.3, 0.4) is 0 Å². The Morgan fingerprint density at radius 3 is 2.60 bits per heavy atom. The van der Waals surface area contributed by atoms with Crippen LogP contribution in [0.4, 0.5) is 10.1 Å². The van der Waals surface area contributed by atoms with Crippen molar-refractivity contribution in [3.8, 4) is 0 Å². The molecule has 1 aromatic rings. The molecule has 1 saturated carbocycles. The number of anilines is 1. The third-order valence-electron chi connectivity index (χ3n) is 5.53. The highest BCUT2D eigenvalue weighted by Gasteiger charge is 2.71. The lowest BCUT2D eigenvalue weighted by Crippen LogP contribution is -2.47. The van der Waals surface area contributed by atoms with E-state index in [1.54, 1.807) is 31.0 Å². The highest BCUT2D eigenvalue weighted by Crippen LogP contribution is 2.66. The highest BCUT2D eigenvalue weighted by atomic mass is 35.5. The molecule has 2 fully saturated rings. The summed E-state index contributed by atoms with van der Waals surface area (Å²) in [7, 11) is 1.63. The van der Waals surface area contributed by atoms with Gasteiger partial charge in [0.2, 0.25) is 11.8 Å². The molecule has 2 aliphatic rings. The molecule has 1 aliphatic heterocycles. The fourth-order valence-corrected chi connectivity index (χ4v) is 4.54. The number of nitrogens with zero attached hydrogens (tertiary/aromatic N) is 2. The molecule has 1 aliphatic carbocycles. The van der Waals surface area contributed by atoms with Crippen LogP contribution in [0, 0.1) is 18.2 Å². The molecule has 4 nitrogen and oxygen atoms in total. The SMILES string of the molecule is CCC1(C(=O)N(C)C2CCN(c3ccc(F)c(C)c3)C2=O)CC1(Cl)Cl. The maximum atomic E-state index is 13.5. The number of alkyl halides is 2. The van der Waals surface area contributed by atoms with Gasteiger partial charge in [-0.05, 0) is 49.9 Å². The summed E-state index contributed by atoms with van der Waals surface area (Å²) >= 11 is 12.4. The van der Waals surface area contributed by atoms with Crippen molar-refractivity contribution < 1.29 is 14.0 Å². The third kappa shape index (κ3) is 2.81. The Bertz CT molecular complexity index is 740. The number of aryl methyl sites for hydroxylation is 1. The molecule has 0 aromatic heterocycles. The van der Waals surface area contributed by atoms with Crippen molar-refractivity contribution >= 4 is 40.7 Å². The van der Waals surface area contributed by atoms with Crippen LogP contribution in [0.2, 0.25) is 0 Å². The summed E-state index contributed by atoms with van der Waals surface area (Å²) in [5.41, 5.74) is 0.327. The maximum absolute atomic E-state index is 13.5. The Hall–Kier alpha value is -1.33. The summed E-state index contributed by atoms with van der Waals surface area (Å²) in [5, 5.41) is 0. The van der Waals surface area contributed by atoms with Crippen LogP contribution in [0.1, 0.15) is 31.7 Å². The first kappa shape index (κ1) is 18.5. The largest absolute Gasteiger partial charge is 0.333 e. The van der Waals surface area contributed by atoms with Crippen molar-refractivity contribution in [2.24, 2.45) is 5.41 Å². The average Bonchev–Trinajstić information content (AvgIpc) is 2.94. The van der Waals surface area contributed by atoms with E-state index in [1.165, 1.54) is 11.0 Å². The minimum absolute atomic E-state index is 0.163. The second-order valence-corrected chi connectivity index (χ2v) is 8.44. The zero-order chi connectivity index (χ0) is 18.6. The zero-order valence-corrected chi connectivity index (χ0v) is 16.0. The first-order valence-corrected chi connectivity index (χ1v) is 9.13. The molecule has 1 saturated heterocycles. The summed E-state index contributed by atoms with van der Waals surface area (Å²) in [6.07, 6.45) is 1.46. The minimum atomic E-state index is -1.05. The third-order valence-corrected chi connectivity index (χ3v) is 6.52. The van der Waals surface area contributed by atoms with E-state index in [-0.39, 0.29) is 17.6 Å². The number of hydrogen-bond donors (Lipinski definition) is 0. The maximum Gasteiger partial charge on any atom is 0.249 e. The summed E-state index contributed by atoms with van der Waals surface area (Å²) in [6, 6.07) is 4.03. The van der Waals surface area contributed by atoms with E-state index in [0.717, 1.165) is 0 Å². The Kier molecular flexibility index (Phi) is 4.53. The predicted molar refractivity (Wildman–Crippen MR) is 96.4 cm³/mol. The normalized spacial score (nSPS) is 27.5. The Balaban J connectivity index is 1.77. The van der Waals surface area contributed by atoms with Gasteiger partial charge in [0.1, 0.15) is 16.2 Å². The van der Waals surface area contributed by atoms with Gasteiger partial charge in [-0.3, -0.25) is 9.59 Å². The number of hydrogen-bond acceptors (Lipinski definition) is 2. The van der Waals surface area contributed by atoms with E-state index in [1.807, 2.05) is 6.92 Å². The molecule has 1 heterocycles. The van der Waals surface area contributed by atoms with Crippen LogP contribution in [0.25, 0.3) is 0 Å². The Labute approximate surface area is 156 Å². The minimum Gasteiger partial charge on any atom is -0.333 e. The molecular weight excluding hydrogens is 366 g/mol. The van der Waals surface area contributed by atoms with Crippen molar-refractivity contribution in [1.29, 1.82) is 0 Å². The highest BCUT2D eigenvalue weighted by molar-refractivity contribution is 6.53. The van der Waals surface area contributed by atoms with Crippen LogP contribution < -0.4 is 4.90 Å². The van der Waals surface area contributed by atoms with Crippen LogP contribution in [0.15, 0.2) is 18.2 Å². The lowest BCUT2D eigenvalue weighted by molar-refractivity contribution is -0.141. The smallest absolute Gasteiger partial charge is 0.249 e. The number of benzene rings is 1. The van der Waals surface area contributed by atoms with Crippen molar-refractivity contribution in [2.45, 2.75) is 43.5 Å². The summed E-state index contributed by atoms with van der Waals surface area (Å²) in [6.45, 7) is 4.02. The second kappa shape index (κ2) is 6.13. The van der Waals surface area contributed by atoms with Gasteiger partial charge in [0, 0.05) is 19.3 Å². The summed E-state index contributed by atoms with van der Waals surface area (Å²) in [4.78, 5) is 28.8. The zero-order valence-electron chi connectivity index (χ0n) is 14.5.